The van der Waals surface area contributed by atoms with Crippen LogP contribution in [0.3, 0.4) is 0 Å². The maximum absolute atomic E-state index is 12.3. The van der Waals surface area contributed by atoms with Crippen molar-refractivity contribution in [1.82, 2.24) is 10.2 Å². The van der Waals surface area contributed by atoms with E-state index < -0.39 is 0 Å². The monoisotopic (exact) mass is 422 g/mol. The number of amides is 2. The SMILES string of the molecule is Cc1ccccc1-c1cc(=O)oc2cc(CNC(=O)N3CCCCC3)ccc12.O=CO. The molecule has 2 heterocycles. The standard InChI is InChI=1S/C23H24N2O3.CH2O2/c1-16-7-3-4-8-18(16)20-14-22(26)28-21-13-17(9-10-19(20)21)15-24-23(27)25-11-5-2-6-12-25;2-1-3/h3-4,7-10,13-14H,2,5-6,11-12,15H2,1H3,(H,24,27);1H,(H,2,3). The number of rotatable bonds is 3. The van der Waals surface area contributed by atoms with Gasteiger partial charge in [0.2, 0.25) is 0 Å². The van der Waals surface area contributed by atoms with Crippen LogP contribution in [0.1, 0.15) is 30.4 Å². The summed E-state index contributed by atoms with van der Waals surface area (Å²) in [6.45, 7) is 3.82. The molecular weight excluding hydrogens is 396 g/mol. The van der Waals surface area contributed by atoms with Gasteiger partial charge in [-0.15, -0.1) is 0 Å². The largest absolute Gasteiger partial charge is 0.483 e. The molecule has 162 valence electrons. The number of likely N-dealkylation sites (tertiary alicyclic amines) is 1. The van der Waals surface area contributed by atoms with Gasteiger partial charge in [0.05, 0.1) is 0 Å². The Hall–Kier alpha value is -3.61. The Morgan fingerprint density at radius 3 is 2.52 bits per heavy atom. The van der Waals surface area contributed by atoms with Crippen molar-refractivity contribution in [3.8, 4) is 11.1 Å². The minimum atomic E-state index is -0.375. The average molecular weight is 422 g/mol. The number of aryl methyl sites for hydroxylation is 1. The van der Waals surface area contributed by atoms with Crippen molar-refractivity contribution >= 4 is 23.5 Å². The maximum atomic E-state index is 12.3. The van der Waals surface area contributed by atoms with Crippen LogP contribution in [-0.2, 0) is 11.3 Å². The number of hydrogen-bond donors (Lipinski definition) is 2. The quantitative estimate of drug-likeness (QED) is 0.488. The van der Waals surface area contributed by atoms with Crippen molar-refractivity contribution in [2.24, 2.45) is 0 Å². The number of piperidine rings is 1. The van der Waals surface area contributed by atoms with Gasteiger partial charge in [0.1, 0.15) is 5.58 Å². The fourth-order valence-corrected chi connectivity index (χ4v) is 3.80. The first kappa shape index (κ1) is 22.1. The first-order chi connectivity index (χ1) is 15.0. The summed E-state index contributed by atoms with van der Waals surface area (Å²) in [7, 11) is 0. The summed E-state index contributed by atoms with van der Waals surface area (Å²) in [6, 6.07) is 15.3. The zero-order chi connectivity index (χ0) is 22.2. The van der Waals surface area contributed by atoms with Gasteiger partial charge >= 0.3 is 11.7 Å². The Kier molecular flexibility index (Phi) is 7.43. The number of nitrogens with zero attached hydrogens (tertiary/aromatic N) is 1. The van der Waals surface area contributed by atoms with Crippen LogP contribution in [0.2, 0.25) is 0 Å². The van der Waals surface area contributed by atoms with Crippen LogP contribution in [0.15, 0.2) is 57.7 Å². The van der Waals surface area contributed by atoms with Gasteiger partial charge in [-0.1, -0.05) is 36.4 Å². The highest BCUT2D eigenvalue weighted by molar-refractivity contribution is 5.94. The molecule has 1 aliphatic heterocycles. The van der Waals surface area contributed by atoms with Gasteiger partial charge in [-0.05, 0) is 48.9 Å². The van der Waals surface area contributed by atoms with Crippen molar-refractivity contribution < 1.29 is 19.1 Å². The highest BCUT2D eigenvalue weighted by Crippen LogP contribution is 2.30. The summed E-state index contributed by atoms with van der Waals surface area (Å²) in [6.07, 6.45) is 3.32. The summed E-state index contributed by atoms with van der Waals surface area (Å²) in [4.78, 5) is 34.7. The Labute approximate surface area is 180 Å². The number of hydrogen-bond acceptors (Lipinski definition) is 4. The van der Waals surface area contributed by atoms with Gasteiger partial charge in [-0.3, -0.25) is 4.79 Å². The molecule has 4 rings (SSSR count). The van der Waals surface area contributed by atoms with Crippen LogP contribution in [0, 0.1) is 6.92 Å². The second-order valence-electron chi connectivity index (χ2n) is 7.44. The number of carbonyl (C=O) groups excluding carboxylic acids is 1. The zero-order valence-electron chi connectivity index (χ0n) is 17.5. The number of carbonyl (C=O) groups is 2. The number of fused-ring (bicyclic) bond motifs is 1. The molecule has 0 spiro atoms. The molecule has 2 aromatic carbocycles. The Morgan fingerprint density at radius 2 is 1.81 bits per heavy atom. The molecule has 1 aromatic heterocycles. The normalized spacial score (nSPS) is 13.3. The lowest BCUT2D eigenvalue weighted by Crippen LogP contribution is -2.42. The molecule has 1 saturated heterocycles. The van der Waals surface area contributed by atoms with Crippen LogP contribution < -0.4 is 10.9 Å². The number of nitrogens with one attached hydrogen (secondary N) is 1. The molecule has 1 fully saturated rings. The lowest BCUT2D eigenvalue weighted by atomic mass is 9.97. The van der Waals surface area contributed by atoms with Gasteiger partial charge in [0, 0.05) is 36.7 Å². The Bertz CT molecular complexity index is 1120. The smallest absolute Gasteiger partial charge is 0.336 e. The molecule has 1 aliphatic rings. The van der Waals surface area contributed by atoms with E-state index in [4.69, 9.17) is 14.3 Å². The summed E-state index contributed by atoms with van der Waals surface area (Å²) < 4.78 is 5.45. The molecule has 0 saturated carbocycles. The van der Waals surface area contributed by atoms with E-state index in [1.807, 2.05) is 54.3 Å². The van der Waals surface area contributed by atoms with E-state index in [0.29, 0.717) is 12.1 Å². The first-order valence-electron chi connectivity index (χ1n) is 10.3. The van der Waals surface area contributed by atoms with E-state index >= 15 is 0 Å². The van der Waals surface area contributed by atoms with Crippen molar-refractivity contribution in [1.29, 1.82) is 0 Å². The molecule has 0 radical (unpaired) electrons. The summed E-state index contributed by atoms with van der Waals surface area (Å²) in [5, 5.41) is 10.7. The van der Waals surface area contributed by atoms with Crippen LogP contribution >= 0.6 is 0 Å². The zero-order valence-corrected chi connectivity index (χ0v) is 17.5. The average Bonchev–Trinajstić information content (AvgIpc) is 2.78. The van der Waals surface area contributed by atoms with Gasteiger partial charge in [-0.25, -0.2) is 9.59 Å². The molecule has 0 atom stereocenters. The highest BCUT2D eigenvalue weighted by atomic mass is 16.4. The maximum Gasteiger partial charge on any atom is 0.336 e. The van der Waals surface area contributed by atoms with E-state index in [1.165, 1.54) is 6.42 Å². The van der Waals surface area contributed by atoms with Gasteiger partial charge in [-0.2, -0.15) is 0 Å². The predicted octanol–water partition coefficient (Wildman–Crippen LogP) is 4.16. The minimum absolute atomic E-state index is 0.0325. The van der Waals surface area contributed by atoms with Crippen LogP contribution in [0.5, 0.6) is 0 Å². The van der Waals surface area contributed by atoms with E-state index in [9.17, 15) is 9.59 Å². The fourth-order valence-electron chi connectivity index (χ4n) is 3.80. The lowest BCUT2D eigenvalue weighted by Gasteiger charge is -2.26. The molecule has 0 aliphatic carbocycles. The van der Waals surface area contributed by atoms with Crippen molar-refractivity contribution in [3.63, 3.8) is 0 Å². The molecular formula is C24H26N2O5. The molecule has 7 nitrogen and oxygen atoms in total. The van der Waals surface area contributed by atoms with E-state index in [2.05, 4.69) is 5.32 Å². The first-order valence-corrected chi connectivity index (χ1v) is 10.3. The molecule has 0 bridgehead atoms. The fraction of sp³-hybridized carbons (Fsp3) is 0.292. The molecule has 7 heteroatoms. The number of benzene rings is 2. The molecule has 0 unspecified atom stereocenters. The molecule has 31 heavy (non-hydrogen) atoms. The van der Waals surface area contributed by atoms with E-state index in [1.54, 1.807) is 6.07 Å². The lowest BCUT2D eigenvalue weighted by molar-refractivity contribution is -0.122. The molecule has 2 amide bonds. The Balaban J connectivity index is 0.000000858. The van der Waals surface area contributed by atoms with Crippen molar-refractivity contribution in [2.45, 2.75) is 32.7 Å². The summed E-state index contributed by atoms with van der Waals surface area (Å²) in [5.74, 6) is 0. The third kappa shape index (κ3) is 5.51. The topological polar surface area (TPSA) is 99.9 Å². The number of urea groups is 1. The van der Waals surface area contributed by atoms with Crippen LogP contribution in [-0.4, -0.2) is 35.6 Å². The highest BCUT2D eigenvalue weighted by Gasteiger charge is 2.16. The van der Waals surface area contributed by atoms with E-state index in [-0.39, 0.29) is 18.1 Å². The summed E-state index contributed by atoms with van der Waals surface area (Å²) >= 11 is 0. The Morgan fingerprint density at radius 1 is 1.10 bits per heavy atom. The molecule has 2 N–H and O–H groups in total. The van der Waals surface area contributed by atoms with Crippen molar-refractivity contribution in [2.75, 3.05) is 13.1 Å². The van der Waals surface area contributed by atoms with Gasteiger partial charge in [0.25, 0.3) is 6.47 Å². The van der Waals surface area contributed by atoms with Crippen LogP contribution in [0.4, 0.5) is 4.79 Å². The van der Waals surface area contributed by atoms with Gasteiger partial charge in [0.15, 0.2) is 0 Å². The second-order valence-corrected chi connectivity index (χ2v) is 7.44. The molecule has 3 aromatic rings. The third-order valence-electron chi connectivity index (χ3n) is 5.33. The van der Waals surface area contributed by atoms with Gasteiger partial charge < -0.3 is 19.7 Å². The third-order valence-corrected chi connectivity index (χ3v) is 5.33. The van der Waals surface area contributed by atoms with E-state index in [0.717, 1.165) is 53.6 Å². The number of carboxylic acid groups (broad SMARTS) is 1. The predicted molar refractivity (Wildman–Crippen MR) is 119 cm³/mol. The minimum Gasteiger partial charge on any atom is -0.483 e. The second kappa shape index (κ2) is 10.4. The van der Waals surface area contributed by atoms with Crippen molar-refractivity contribution in [3.05, 3.63) is 70.1 Å². The summed E-state index contributed by atoms with van der Waals surface area (Å²) in [5.41, 5.74) is 4.06. The van der Waals surface area contributed by atoms with Crippen LogP contribution in [0.25, 0.3) is 22.1 Å².